The van der Waals surface area contributed by atoms with Gasteiger partial charge in [0.05, 0.1) is 13.3 Å². The minimum absolute atomic E-state index is 0.720. The van der Waals surface area contributed by atoms with Crippen molar-refractivity contribution in [1.29, 1.82) is 0 Å². The van der Waals surface area contributed by atoms with Crippen molar-refractivity contribution in [2.24, 2.45) is 5.92 Å². The zero-order valence-corrected chi connectivity index (χ0v) is 12.0. The molecule has 1 fully saturated rings. The Labute approximate surface area is 116 Å². The van der Waals surface area contributed by atoms with Crippen LogP contribution < -0.4 is 5.32 Å². The van der Waals surface area contributed by atoms with Crippen molar-refractivity contribution < 1.29 is 4.74 Å². The van der Waals surface area contributed by atoms with E-state index < -0.39 is 0 Å². The number of benzene rings is 1. The first kappa shape index (κ1) is 14.5. The van der Waals surface area contributed by atoms with Gasteiger partial charge in [0.25, 0.3) is 0 Å². The third-order valence-corrected chi connectivity index (χ3v) is 3.78. The Morgan fingerprint density at radius 1 is 1.21 bits per heavy atom. The number of likely N-dealkylation sites (tertiary alicyclic amines) is 1. The fraction of sp³-hybridized carbons (Fsp3) is 0.625. The number of hydrogen-bond donors (Lipinski definition) is 1. The van der Waals surface area contributed by atoms with Gasteiger partial charge in [-0.3, -0.25) is 4.90 Å². The molecular weight excluding hydrogens is 236 g/mol. The molecule has 0 unspecified atom stereocenters. The van der Waals surface area contributed by atoms with Crippen LogP contribution in [0.2, 0.25) is 0 Å². The molecule has 0 amide bonds. The molecule has 0 bridgehead atoms. The number of piperidine rings is 1. The zero-order chi connectivity index (χ0) is 13.3. The van der Waals surface area contributed by atoms with Crippen LogP contribution in [0.15, 0.2) is 30.3 Å². The SMILES string of the molecule is CCNCC1CCN(COCc2ccccc2)CC1. The van der Waals surface area contributed by atoms with Gasteiger partial charge >= 0.3 is 0 Å². The number of hydrogen-bond acceptors (Lipinski definition) is 3. The third-order valence-electron chi connectivity index (χ3n) is 3.78. The monoisotopic (exact) mass is 262 g/mol. The van der Waals surface area contributed by atoms with Gasteiger partial charge in [-0.15, -0.1) is 0 Å². The van der Waals surface area contributed by atoms with Crippen molar-refractivity contribution in [2.75, 3.05) is 32.9 Å². The van der Waals surface area contributed by atoms with Crippen LogP contribution in [0, 0.1) is 5.92 Å². The molecule has 3 heteroatoms. The van der Waals surface area contributed by atoms with Crippen molar-refractivity contribution in [3.05, 3.63) is 35.9 Å². The third kappa shape index (κ3) is 5.31. The van der Waals surface area contributed by atoms with E-state index in [1.807, 2.05) is 6.07 Å². The number of nitrogens with zero attached hydrogens (tertiary/aromatic N) is 1. The van der Waals surface area contributed by atoms with Crippen LogP contribution in [-0.2, 0) is 11.3 Å². The van der Waals surface area contributed by atoms with Crippen molar-refractivity contribution in [1.82, 2.24) is 10.2 Å². The standard InChI is InChI=1S/C16H26N2O/c1-2-17-12-15-8-10-18(11-9-15)14-19-13-16-6-4-3-5-7-16/h3-7,15,17H,2,8-14H2,1H3. The topological polar surface area (TPSA) is 24.5 Å². The average molecular weight is 262 g/mol. The Bertz CT molecular complexity index is 334. The predicted molar refractivity (Wildman–Crippen MR) is 78.9 cm³/mol. The fourth-order valence-corrected chi connectivity index (χ4v) is 2.53. The van der Waals surface area contributed by atoms with Crippen molar-refractivity contribution >= 4 is 0 Å². The highest BCUT2D eigenvalue weighted by atomic mass is 16.5. The summed E-state index contributed by atoms with van der Waals surface area (Å²) in [5.74, 6) is 0.852. The number of rotatable bonds is 7. The molecule has 3 nitrogen and oxygen atoms in total. The second-order valence-corrected chi connectivity index (χ2v) is 5.33. The first-order valence-electron chi connectivity index (χ1n) is 7.43. The molecule has 19 heavy (non-hydrogen) atoms. The maximum atomic E-state index is 5.79. The molecule has 0 spiro atoms. The van der Waals surface area contributed by atoms with E-state index in [-0.39, 0.29) is 0 Å². The van der Waals surface area contributed by atoms with Crippen molar-refractivity contribution in [2.45, 2.75) is 26.4 Å². The molecule has 0 aliphatic carbocycles. The first-order chi connectivity index (χ1) is 9.38. The molecule has 0 atom stereocenters. The van der Waals surface area contributed by atoms with E-state index in [4.69, 9.17) is 4.74 Å². The average Bonchev–Trinajstić information content (AvgIpc) is 2.47. The van der Waals surface area contributed by atoms with Gasteiger partial charge in [0, 0.05) is 13.1 Å². The molecule has 1 heterocycles. The van der Waals surface area contributed by atoms with E-state index in [1.54, 1.807) is 0 Å². The van der Waals surface area contributed by atoms with Gasteiger partial charge in [0.2, 0.25) is 0 Å². The normalized spacial score (nSPS) is 17.7. The summed E-state index contributed by atoms with van der Waals surface area (Å²) < 4.78 is 5.79. The summed E-state index contributed by atoms with van der Waals surface area (Å²) in [7, 11) is 0. The summed E-state index contributed by atoms with van der Waals surface area (Å²) in [6.45, 7) is 8.26. The minimum atomic E-state index is 0.720. The second kappa shape index (κ2) is 8.31. The summed E-state index contributed by atoms with van der Waals surface area (Å²) in [6.07, 6.45) is 2.59. The molecule has 1 N–H and O–H groups in total. The quantitative estimate of drug-likeness (QED) is 0.817. The molecule has 0 aromatic heterocycles. The predicted octanol–water partition coefficient (Wildman–Crippen LogP) is 2.48. The lowest BCUT2D eigenvalue weighted by atomic mass is 9.97. The Morgan fingerprint density at radius 3 is 2.63 bits per heavy atom. The lowest BCUT2D eigenvalue weighted by Crippen LogP contribution is -2.38. The minimum Gasteiger partial charge on any atom is -0.361 e. The largest absolute Gasteiger partial charge is 0.361 e. The van der Waals surface area contributed by atoms with Crippen LogP contribution in [0.25, 0.3) is 0 Å². The van der Waals surface area contributed by atoms with Gasteiger partial charge < -0.3 is 10.1 Å². The summed E-state index contributed by atoms with van der Waals surface area (Å²) >= 11 is 0. The number of ether oxygens (including phenoxy) is 1. The van der Waals surface area contributed by atoms with Gasteiger partial charge in [-0.2, -0.15) is 0 Å². The van der Waals surface area contributed by atoms with Crippen molar-refractivity contribution in [3.8, 4) is 0 Å². The highest BCUT2D eigenvalue weighted by Gasteiger charge is 2.18. The lowest BCUT2D eigenvalue weighted by molar-refractivity contribution is 0.00227. The van der Waals surface area contributed by atoms with Crippen LogP contribution in [0.3, 0.4) is 0 Å². The van der Waals surface area contributed by atoms with Crippen LogP contribution in [0.4, 0.5) is 0 Å². The van der Waals surface area contributed by atoms with E-state index in [2.05, 4.69) is 41.4 Å². The van der Waals surface area contributed by atoms with Gasteiger partial charge in [-0.1, -0.05) is 37.3 Å². The second-order valence-electron chi connectivity index (χ2n) is 5.33. The van der Waals surface area contributed by atoms with Gasteiger partial charge in [-0.05, 0) is 37.4 Å². The van der Waals surface area contributed by atoms with E-state index in [0.717, 1.165) is 25.8 Å². The van der Waals surface area contributed by atoms with E-state index in [0.29, 0.717) is 0 Å². The highest BCUT2D eigenvalue weighted by Crippen LogP contribution is 2.16. The number of nitrogens with one attached hydrogen (secondary N) is 1. The Hall–Kier alpha value is -0.900. The maximum Gasteiger partial charge on any atom is 0.0994 e. The molecular formula is C16H26N2O. The van der Waals surface area contributed by atoms with Crippen LogP contribution >= 0.6 is 0 Å². The summed E-state index contributed by atoms with van der Waals surface area (Å²) in [5, 5.41) is 3.45. The molecule has 0 radical (unpaired) electrons. The van der Waals surface area contributed by atoms with Crippen LogP contribution in [0.5, 0.6) is 0 Å². The molecule has 1 aromatic carbocycles. The van der Waals surface area contributed by atoms with Crippen LogP contribution in [-0.4, -0.2) is 37.8 Å². The van der Waals surface area contributed by atoms with Gasteiger partial charge in [-0.25, -0.2) is 0 Å². The Morgan fingerprint density at radius 2 is 1.95 bits per heavy atom. The lowest BCUT2D eigenvalue weighted by Gasteiger charge is -2.31. The molecule has 106 valence electrons. The zero-order valence-electron chi connectivity index (χ0n) is 12.0. The summed E-state index contributed by atoms with van der Waals surface area (Å²) in [4.78, 5) is 2.42. The molecule has 0 saturated carbocycles. The molecule has 1 aliphatic rings. The van der Waals surface area contributed by atoms with Gasteiger partial charge in [0.1, 0.15) is 0 Å². The van der Waals surface area contributed by atoms with Crippen molar-refractivity contribution in [3.63, 3.8) is 0 Å². The van der Waals surface area contributed by atoms with E-state index in [9.17, 15) is 0 Å². The molecule has 1 aliphatic heterocycles. The first-order valence-corrected chi connectivity index (χ1v) is 7.43. The summed E-state index contributed by atoms with van der Waals surface area (Å²) in [5.41, 5.74) is 1.25. The van der Waals surface area contributed by atoms with E-state index >= 15 is 0 Å². The van der Waals surface area contributed by atoms with Gasteiger partial charge in [0.15, 0.2) is 0 Å². The maximum absolute atomic E-state index is 5.79. The Balaban J connectivity index is 1.58. The highest BCUT2D eigenvalue weighted by molar-refractivity contribution is 5.13. The smallest absolute Gasteiger partial charge is 0.0994 e. The Kier molecular flexibility index (Phi) is 6.34. The fourth-order valence-electron chi connectivity index (χ4n) is 2.53. The summed E-state index contributed by atoms with van der Waals surface area (Å²) in [6, 6.07) is 10.4. The molecule has 2 rings (SSSR count). The van der Waals surface area contributed by atoms with E-state index in [1.165, 1.54) is 38.0 Å². The molecule has 1 saturated heterocycles. The molecule has 1 aromatic rings. The van der Waals surface area contributed by atoms with Crippen LogP contribution in [0.1, 0.15) is 25.3 Å².